The van der Waals surface area contributed by atoms with E-state index >= 15 is 0 Å². The average Bonchev–Trinajstić information content (AvgIpc) is 2.50. The molecule has 1 aliphatic rings. The minimum Gasteiger partial charge on any atom is -0.383 e. The number of para-hydroxylation sites is 1. The molecule has 5 N–H and O–H groups in total. The van der Waals surface area contributed by atoms with Crippen LogP contribution in [0.3, 0.4) is 0 Å². The highest BCUT2D eigenvalue weighted by Crippen LogP contribution is 2.27. The fraction of sp³-hybridized carbons (Fsp3) is 0.188. The second kappa shape index (κ2) is 5.58. The van der Waals surface area contributed by atoms with Gasteiger partial charge in [-0.2, -0.15) is 0 Å². The summed E-state index contributed by atoms with van der Waals surface area (Å²) >= 11 is 0. The van der Waals surface area contributed by atoms with Crippen LogP contribution < -0.4 is 16.8 Å². The van der Waals surface area contributed by atoms with Gasteiger partial charge in [0.05, 0.1) is 0 Å². The number of nitrogens with one attached hydrogen (secondary N) is 1. The molecule has 0 spiro atoms. The SMILES string of the molecule is NC1=NC(N)(CCc2cc(F)c(F)c(F)c2)Nc2ccccc21. The molecule has 2 aromatic rings. The zero-order valence-electron chi connectivity index (χ0n) is 12.1. The highest BCUT2D eigenvalue weighted by atomic mass is 19.2. The average molecular weight is 320 g/mol. The first kappa shape index (κ1) is 15.4. The van der Waals surface area contributed by atoms with Crippen molar-refractivity contribution in [2.45, 2.75) is 18.6 Å². The number of hydrogen-bond donors (Lipinski definition) is 3. The van der Waals surface area contributed by atoms with Crippen LogP contribution in [-0.2, 0) is 6.42 Å². The van der Waals surface area contributed by atoms with Crippen LogP contribution in [0.1, 0.15) is 17.5 Å². The van der Waals surface area contributed by atoms with E-state index in [1.807, 2.05) is 24.3 Å². The lowest BCUT2D eigenvalue weighted by atomic mass is 10.0. The summed E-state index contributed by atoms with van der Waals surface area (Å²) in [7, 11) is 0. The van der Waals surface area contributed by atoms with Crippen molar-refractivity contribution < 1.29 is 13.2 Å². The van der Waals surface area contributed by atoms with Gasteiger partial charge >= 0.3 is 0 Å². The molecule has 23 heavy (non-hydrogen) atoms. The number of nitrogens with two attached hydrogens (primary N) is 2. The Morgan fingerprint density at radius 2 is 1.74 bits per heavy atom. The molecule has 120 valence electrons. The molecule has 0 bridgehead atoms. The lowest BCUT2D eigenvalue weighted by Crippen LogP contribution is -2.50. The standard InChI is InChI=1S/C16H15F3N4/c17-11-7-9(8-12(18)14(11)19)5-6-16(21)22-13-4-2-1-3-10(13)15(20)23-16/h1-4,7-8,22H,5-6,21H2,(H2,20,23). The number of amidine groups is 1. The minimum absolute atomic E-state index is 0.205. The molecule has 1 aliphatic heterocycles. The molecular formula is C16H15F3N4. The summed E-state index contributed by atoms with van der Waals surface area (Å²) in [6, 6.07) is 9.18. The van der Waals surface area contributed by atoms with Gasteiger partial charge in [-0.05, 0) is 36.2 Å². The summed E-state index contributed by atoms with van der Waals surface area (Å²) < 4.78 is 39.5. The zero-order chi connectivity index (χ0) is 16.6. The van der Waals surface area contributed by atoms with Crippen LogP contribution in [-0.4, -0.2) is 11.6 Å². The minimum atomic E-state index is -1.48. The number of benzene rings is 2. The Labute approximate surface area is 131 Å². The molecule has 0 amide bonds. The van der Waals surface area contributed by atoms with E-state index in [0.717, 1.165) is 23.4 Å². The number of halogens is 3. The van der Waals surface area contributed by atoms with Gasteiger partial charge in [-0.25, -0.2) is 18.2 Å². The molecule has 0 saturated carbocycles. The van der Waals surface area contributed by atoms with Crippen LogP contribution >= 0.6 is 0 Å². The predicted octanol–water partition coefficient (Wildman–Crippen LogP) is 2.48. The van der Waals surface area contributed by atoms with Crippen molar-refractivity contribution in [2.24, 2.45) is 16.5 Å². The molecule has 4 nitrogen and oxygen atoms in total. The Kier molecular flexibility index (Phi) is 3.73. The highest BCUT2D eigenvalue weighted by molar-refractivity contribution is 6.04. The van der Waals surface area contributed by atoms with Gasteiger partial charge in [0.25, 0.3) is 0 Å². The lowest BCUT2D eigenvalue weighted by Gasteiger charge is -2.33. The first-order valence-corrected chi connectivity index (χ1v) is 7.03. The van der Waals surface area contributed by atoms with Crippen LogP contribution in [0.15, 0.2) is 41.4 Å². The van der Waals surface area contributed by atoms with Gasteiger partial charge in [-0.3, -0.25) is 5.73 Å². The van der Waals surface area contributed by atoms with Crippen molar-refractivity contribution in [3.63, 3.8) is 0 Å². The molecule has 0 radical (unpaired) electrons. The van der Waals surface area contributed by atoms with Crippen molar-refractivity contribution in [2.75, 3.05) is 5.32 Å². The van der Waals surface area contributed by atoms with Gasteiger partial charge in [0.1, 0.15) is 5.84 Å². The van der Waals surface area contributed by atoms with Crippen LogP contribution in [0, 0.1) is 17.5 Å². The van der Waals surface area contributed by atoms with Gasteiger partial charge < -0.3 is 11.1 Å². The fourth-order valence-electron chi connectivity index (χ4n) is 2.56. The Morgan fingerprint density at radius 3 is 2.43 bits per heavy atom. The van der Waals surface area contributed by atoms with E-state index in [-0.39, 0.29) is 12.8 Å². The largest absolute Gasteiger partial charge is 0.383 e. The third kappa shape index (κ3) is 3.00. The highest BCUT2D eigenvalue weighted by Gasteiger charge is 2.29. The van der Waals surface area contributed by atoms with E-state index in [1.165, 1.54) is 0 Å². The number of nitrogens with zero attached hydrogens (tertiary/aromatic N) is 1. The third-order valence-electron chi connectivity index (χ3n) is 3.71. The summed E-state index contributed by atoms with van der Waals surface area (Å²) in [4.78, 5) is 4.23. The Hall–Kier alpha value is -2.54. The molecule has 0 fully saturated rings. The molecule has 1 heterocycles. The maximum Gasteiger partial charge on any atom is 0.194 e. The molecule has 0 aliphatic carbocycles. The van der Waals surface area contributed by atoms with Crippen molar-refractivity contribution in [3.05, 3.63) is 65.0 Å². The number of rotatable bonds is 3. The molecule has 2 aromatic carbocycles. The molecule has 1 atom stereocenters. The topological polar surface area (TPSA) is 76.4 Å². The lowest BCUT2D eigenvalue weighted by molar-refractivity contribution is 0.439. The number of fused-ring (bicyclic) bond motifs is 1. The van der Waals surface area contributed by atoms with E-state index in [0.29, 0.717) is 11.4 Å². The van der Waals surface area contributed by atoms with Crippen molar-refractivity contribution in [3.8, 4) is 0 Å². The van der Waals surface area contributed by atoms with Crippen molar-refractivity contribution >= 4 is 11.5 Å². The second-order valence-electron chi connectivity index (χ2n) is 5.47. The molecule has 1 unspecified atom stereocenters. The second-order valence-corrected chi connectivity index (χ2v) is 5.47. The maximum absolute atomic E-state index is 13.3. The number of anilines is 1. The molecule has 0 aromatic heterocycles. The monoisotopic (exact) mass is 320 g/mol. The van der Waals surface area contributed by atoms with E-state index in [4.69, 9.17) is 11.5 Å². The van der Waals surface area contributed by atoms with Crippen molar-refractivity contribution in [1.29, 1.82) is 0 Å². The van der Waals surface area contributed by atoms with Crippen LogP contribution in [0.5, 0.6) is 0 Å². The number of aryl methyl sites for hydroxylation is 1. The summed E-state index contributed by atoms with van der Waals surface area (Å²) in [6.07, 6.45) is 0.434. The zero-order valence-corrected chi connectivity index (χ0v) is 12.1. The first-order chi connectivity index (χ1) is 10.9. The van der Waals surface area contributed by atoms with Gasteiger partial charge in [0.2, 0.25) is 0 Å². The smallest absolute Gasteiger partial charge is 0.194 e. The van der Waals surface area contributed by atoms with Crippen LogP contribution in [0.25, 0.3) is 0 Å². The van der Waals surface area contributed by atoms with Gasteiger partial charge in [0, 0.05) is 17.7 Å². The summed E-state index contributed by atoms with van der Waals surface area (Å²) in [6.45, 7) is 0. The van der Waals surface area contributed by atoms with E-state index in [2.05, 4.69) is 10.3 Å². The van der Waals surface area contributed by atoms with E-state index in [1.54, 1.807) is 0 Å². The Morgan fingerprint density at radius 1 is 1.09 bits per heavy atom. The first-order valence-electron chi connectivity index (χ1n) is 7.03. The van der Waals surface area contributed by atoms with Crippen LogP contribution in [0.2, 0.25) is 0 Å². The number of aliphatic imine (C=N–C) groups is 1. The third-order valence-corrected chi connectivity index (χ3v) is 3.71. The van der Waals surface area contributed by atoms with Gasteiger partial charge in [0.15, 0.2) is 23.2 Å². The normalized spacial score (nSPS) is 19.7. The summed E-state index contributed by atoms with van der Waals surface area (Å²) in [5.41, 5.74) is 13.9. The molecular weight excluding hydrogens is 305 g/mol. The number of hydrogen-bond acceptors (Lipinski definition) is 4. The van der Waals surface area contributed by atoms with E-state index < -0.39 is 23.2 Å². The summed E-state index contributed by atoms with van der Waals surface area (Å²) in [5, 5.41) is 3.06. The van der Waals surface area contributed by atoms with Gasteiger partial charge in [-0.15, -0.1) is 0 Å². The molecule has 0 saturated heterocycles. The molecule has 3 rings (SSSR count). The Bertz CT molecular complexity index is 768. The Balaban J connectivity index is 1.80. The van der Waals surface area contributed by atoms with Crippen LogP contribution in [0.4, 0.5) is 18.9 Å². The molecule has 7 heteroatoms. The summed E-state index contributed by atoms with van der Waals surface area (Å²) in [5.74, 6) is -4.84. The predicted molar refractivity (Wildman–Crippen MR) is 82.3 cm³/mol. The van der Waals surface area contributed by atoms with E-state index in [9.17, 15) is 13.2 Å². The fourth-order valence-corrected chi connectivity index (χ4v) is 2.56. The quantitative estimate of drug-likeness (QED) is 0.761. The van der Waals surface area contributed by atoms with Gasteiger partial charge in [-0.1, -0.05) is 12.1 Å². The maximum atomic E-state index is 13.3. The van der Waals surface area contributed by atoms with Crippen molar-refractivity contribution in [1.82, 2.24) is 0 Å².